The number of nitrogens with two attached hydrogens (primary N) is 1. The van der Waals surface area contributed by atoms with Gasteiger partial charge in [-0.05, 0) is 24.3 Å². The molecule has 2 N–H and O–H groups in total. The minimum absolute atomic E-state index is 0.0463. The molecule has 0 saturated heterocycles. The highest BCUT2D eigenvalue weighted by atomic mass is 35.5. The molecule has 5 heteroatoms. The molecule has 0 bridgehead atoms. The third-order valence-electron chi connectivity index (χ3n) is 2.35. The Kier molecular flexibility index (Phi) is 3.67. The Bertz CT molecular complexity index is 575. The summed E-state index contributed by atoms with van der Waals surface area (Å²) in [6.07, 6.45) is 0. The Hall–Kier alpha value is -1.81. The molecule has 0 heterocycles. The maximum atomic E-state index is 13.4. The molecule has 0 aromatic heterocycles. The number of anilines is 1. The van der Waals surface area contributed by atoms with E-state index in [2.05, 4.69) is 0 Å². The third-order valence-corrected chi connectivity index (χ3v) is 2.67. The van der Waals surface area contributed by atoms with Gasteiger partial charge in [-0.15, -0.1) is 0 Å². The molecule has 0 atom stereocenters. The smallest absolute Gasteiger partial charge is 0.140 e. The first-order valence-corrected chi connectivity index (χ1v) is 5.56. The standard InChI is InChI=1S/C13H10ClF2NO/c14-11-4-3-10(17)6-13(11)18-7-8-1-2-9(15)5-12(8)16/h1-6H,7,17H2. The molecule has 18 heavy (non-hydrogen) atoms. The Balaban J connectivity index is 2.13. The van der Waals surface area contributed by atoms with Crippen LogP contribution in [0.25, 0.3) is 0 Å². The topological polar surface area (TPSA) is 35.2 Å². The summed E-state index contributed by atoms with van der Waals surface area (Å²) in [5.74, 6) is -0.923. The number of benzene rings is 2. The monoisotopic (exact) mass is 269 g/mol. The summed E-state index contributed by atoms with van der Waals surface area (Å²) in [5, 5.41) is 0.381. The Morgan fingerprint density at radius 3 is 2.61 bits per heavy atom. The normalized spacial score (nSPS) is 10.4. The first-order valence-electron chi connectivity index (χ1n) is 5.18. The van der Waals surface area contributed by atoms with Crippen molar-refractivity contribution in [2.24, 2.45) is 0 Å². The fraction of sp³-hybridized carbons (Fsp3) is 0.0769. The van der Waals surface area contributed by atoms with Gasteiger partial charge in [0.1, 0.15) is 24.0 Å². The first kappa shape index (κ1) is 12.6. The van der Waals surface area contributed by atoms with Gasteiger partial charge in [-0.1, -0.05) is 11.6 Å². The highest BCUT2D eigenvalue weighted by Crippen LogP contribution is 2.27. The maximum absolute atomic E-state index is 13.4. The summed E-state index contributed by atoms with van der Waals surface area (Å²) in [7, 11) is 0. The average Bonchev–Trinajstić information content (AvgIpc) is 2.32. The molecule has 2 aromatic rings. The molecule has 0 amide bonds. The van der Waals surface area contributed by atoms with Gasteiger partial charge in [0.25, 0.3) is 0 Å². The lowest BCUT2D eigenvalue weighted by Crippen LogP contribution is -2.00. The van der Waals surface area contributed by atoms with E-state index in [9.17, 15) is 8.78 Å². The first-order chi connectivity index (χ1) is 8.56. The van der Waals surface area contributed by atoms with Gasteiger partial charge in [0.15, 0.2) is 0 Å². The van der Waals surface area contributed by atoms with Crippen LogP contribution in [0.4, 0.5) is 14.5 Å². The fourth-order valence-corrected chi connectivity index (χ4v) is 1.60. The zero-order valence-corrected chi connectivity index (χ0v) is 10.0. The van der Waals surface area contributed by atoms with Crippen LogP contribution in [0, 0.1) is 11.6 Å². The van der Waals surface area contributed by atoms with Gasteiger partial charge in [-0.3, -0.25) is 0 Å². The molecule has 94 valence electrons. The van der Waals surface area contributed by atoms with E-state index in [1.165, 1.54) is 12.1 Å². The quantitative estimate of drug-likeness (QED) is 0.861. The largest absolute Gasteiger partial charge is 0.487 e. The van der Waals surface area contributed by atoms with Gasteiger partial charge >= 0.3 is 0 Å². The predicted molar refractivity (Wildman–Crippen MR) is 66.6 cm³/mol. The lowest BCUT2D eigenvalue weighted by molar-refractivity contribution is 0.300. The average molecular weight is 270 g/mol. The third kappa shape index (κ3) is 2.90. The summed E-state index contributed by atoms with van der Waals surface area (Å²) in [4.78, 5) is 0. The van der Waals surface area contributed by atoms with Crippen LogP contribution in [0.3, 0.4) is 0 Å². The van der Waals surface area contributed by atoms with Gasteiger partial charge < -0.3 is 10.5 Å². The SMILES string of the molecule is Nc1ccc(Cl)c(OCc2ccc(F)cc2F)c1. The Morgan fingerprint density at radius 1 is 1.11 bits per heavy atom. The van der Waals surface area contributed by atoms with E-state index in [4.69, 9.17) is 22.1 Å². The molecule has 0 radical (unpaired) electrons. The Labute approximate surface area is 108 Å². The zero-order chi connectivity index (χ0) is 13.1. The van der Waals surface area contributed by atoms with E-state index in [-0.39, 0.29) is 12.2 Å². The predicted octanol–water partition coefficient (Wildman–Crippen LogP) is 3.78. The van der Waals surface area contributed by atoms with Crippen molar-refractivity contribution >= 4 is 17.3 Å². The van der Waals surface area contributed by atoms with Crippen LogP contribution in [0.1, 0.15) is 5.56 Å². The van der Waals surface area contributed by atoms with Gasteiger partial charge in [-0.25, -0.2) is 8.78 Å². The lowest BCUT2D eigenvalue weighted by Gasteiger charge is -2.09. The van der Waals surface area contributed by atoms with E-state index in [0.29, 0.717) is 16.5 Å². The molecule has 0 aliphatic carbocycles. The van der Waals surface area contributed by atoms with Crippen LogP contribution in [0.15, 0.2) is 36.4 Å². The van der Waals surface area contributed by atoms with Crippen LogP contribution in [0.2, 0.25) is 5.02 Å². The summed E-state index contributed by atoms with van der Waals surface area (Å²) in [5.41, 5.74) is 6.32. The second-order valence-corrected chi connectivity index (χ2v) is 4.12. The molecule has 2 rings (SSSR count). The minimum Gasteiger partial charge on any atom is -0.487 e. The van der Waals surface area contributed by atoms with Crippen molar-refractivity contribution in [1.29, 1.82) is 0 Å². The molecule has 0 saturated carbocycles. The number of ether oxygens (including phenoxy) is 1. The number of rotatable bonds is 3. The van der Waals surface area contributed by atoms with Crippen molar-refractivity contribution < 1.29 is 13.5 Å². The molecular formula is C13H10ClF2NO. The van der Waals surface area contributed by atoms with Crippen LogP contribution < -0.4 is 10.5 Å². The number of nitrogen functional groups attached to an aromatic ring is 1. The van der Waals surface area contributed by atoms with E-state index >= 15 is 0 Å². The van der Waals surface area contributed by atoms with E-state index < -0.39 is 11.6 Å². The molecule has 2 aromatic carbocycles. The minimum atomic E-state index is -0.657. The van der Waals surface area contributed by atoms with Crippen molar-refractivity contribution in [2.45, 2.75) is 6.61 Å². The molecule has 0 spiro atoms. The molecule has 0 aliphatic heterocycles. The molecule has 0 unspecified atom stereocenters. The molecule has 0 fully saturated rings. The van der Waals surface area contributed by atoms with Crippen LogP contribution >= 0.6 is 11.6 Å². The van der Waals surface area contributed by atoms with Crippen molar-refractivity contribution in [3.05, 3.63) is 58.6 Å². The van der Waals surface area contributed by atoms with Crippen molar-refractivity contribution in [3.63, 3.8) is 0 Å². The van der Waals surface area contributed by atoms with E-state index in [0.717, 1.165) is 6.07 Å². The maximum Gasteiger partial charge on any atom is 0.140 e. The number of halogens is 3. The van der Waals surface area contributed by atoms with Gasteiger partial charge in [0.2, 0.25) is 0 Å². The van der Waals surface area contributed by atoms with Crippen molar-refractivity contribution in [3.8, 4) is 5.75 Å². The van der Waals surface area contributed by atoms with Gasteiger partial charge in [-0.2, -0.15) is 0 Å². The van der Waals surface area contributed by atoms with Crippen molar-refractivity contribution in [2.75, 3.05) is 5.73 Å². The Morgan fingerprint density at radius 2 is 1.89 bits per heavy atom. The number of hydrogen-bond donors (Lipinski definition) is 1. The second-order valence-electron chi connectivity index (χ2n) is 3.71. The summed E-state index contributed by atoms with van der Waals surface area (Å²) in [6, 6.07) is 8.07. The van der Waals surface area contributed by atoms with Crippen molar-refractivity contribution in [1.82, 2.24) is 0 Å². The van der Waals surface area contributed by atoms with Crippen LogP contribution in [0.5, 0.6) is 5.75 Å². The zero-order valence-electron chi connectivity index (χ0n) is 9.29. The van der Waals surface area contributed by atoms with Crippen LogP contribution in [-0.4, -0.2) is 0 Å². The van der Waals surface area contributed by atoms with E-state index in [1.54, 1.807) is 18.2 Å². The van der Waals surface area contributed by atoms with Crippen LogP contribution in [-0.2, 0) is 6.61 Å². The molecule has 2 nitrogen and oxygen atoms in total. The highest BCUT2D eigenvalue weighted by Gasteiger charge is 2.07. The van der Waals surface area contributed by atoms with Gasteiger partial charge in [0, 0.05) is 23.4 Å². The summed E-state index contributed by atoms with van der Waals surface area (Å²) >= 11 is 5.89. The molecular weight excluding hydrogens is 260 g/mol. The molecule has 0 aliphatic rings. The lowest BCUT2D eigenvalue weighted by atomic mass is 10.2. The summed E-state index contributed by atoms with van der Waals surface area (Å²) in [6.45, 7) is -0.0463. The second kappa shape index (κ2) is 5.23. The van der Waals surface area contributed by atoms with Gasteiger partial charge in [0.05, 0.1) is 5.02 Å². The summed E-state index contributed by atoms with van der Waals surface area (Å²) < 4.78 is 31.4. The number of hydrogen-bond acceptors (Lipinski definition) is 2. The van der Waals surface area contributed by atoms with E-state index in [1.807, 2.05) is 0 Å². The fourth-order valence-electron chi connectivity index (χ4n) is 1.42. The highest BCUT2D eigenvalue weighted by molar-refractivity contribution is 6.32.